The first-order chi connectivity index (χ1) is 8.78. The van der Waals surface area contributed by atoms with E-state index in [1.54, 1.807) is 11.8 Å². The number of aromatic nitrogens is 2. The maximum absolute atomic E-state index is 5.65. The minimum atomic E-state index is 0.636. The van der Waals surface area contributed by atoms with Gasteiger partial charge >= 0.3 is 0 Å². The molecule has 0 amide bonds. The van der Waals surface area contributed by atoms with Crippen molar-refractivity contribution in [3.63, 3.8) is 0 Å². The third-order valence-corrected chi connectivity index (χ3v) is 3.57. The van der Waals surface area contributed by atoms with Gasteiger partial charge in [-0.2, -0.15) is 0 Å². The Hall–Kier alpha value is -1.20. The Morgan fingerprint density at radius 1 is 1.28 bits per heavy atom. The summed E-state index contributed by atoms with van der Waals surface area (Å²) in [7, 11) is 0. The van der Waals surface area contributed by atoms with Gasteiger partial charge in [0.05, 0.1) is 0 Å². The first-order valence-corrected chi connectivity index (χ1v) is 7.40. The van der Waals surface area contributed by atoms with Crippen molar-refractivity contribution in [2.24, 2.45) is 0 Å². The van der Waals surface area contributed by atoms with Crippen LogP contribution in [-0.4, -0.2) is 15.9 Å². The number of nitrogens with one attached hydrogen (secondary N) is 2. The highest BCUT2D eigenvalue weighted by Crippen LogP contribution is 2.16. The molecule has 0 saturated carbocycles. The molecule has 1 heterocycles. The van der Waals surface area contributed by atoms with Crippen molar-refractivity contribution in [1.29, 1.82) is 0 Å². The lowest BCUT2D eigenvalue weighted by atomic mass is 10.2. The molecule has 0 radical (unpaired) electrons. The molecule has 0 bridgehead atoms. The molecular formula is C13H16N2OS2. The van der Waals surface area contributed by atoms with Crippen molar-refractivity contribution in [3.05, 3.63) is 46.5 Å². The Bertz CT molecular complexity index is 530. The van der Waals surface area contributed by atoms with Crippen molar-refractivity contribution in [2.45, 2.75) is 19.1 Å². The smallest absolute Gasteiger partial charge is 0.174 e. The minimum Gasteiger partial charge on any atom is -0.483 e. The highest BCUT2D eigenvalue weighted by atomic mass is 32.2. The average Bonchev–Trinajstić information content (AvgIpc) is 2.81. The Labute approximate surface area is 116 Å². The average molecular weight is 280 g/mol. The molecule has 1 aromatic heterocycles. The summed E-state index contributed by atoms with van der Waals surface area (Å²) in [4.78, 5) is 6.02. The molecule has 0 aliphatic heterocycles. The van der Waals surface area contributed by atoms with E-state index < -0.39 is 0 Å². The molecule has 2 rings (SSSR count). The zero-order valence-electron chi connectivity index (χ0n) is 10.2. The van der Waals surface area contributed by atoms with Gasteiger partial charge in [-0.1, -0.05) is 19.1 Å². The quantitative estimate of drug-likeness (QED) is 0.479. The second-order valence-corrected chi connectivity index (χ2v) is 5.22. The van der Waals surface area contributed by atoms with Crippen LogP contribution in [-0.2, 0) is 12.2 Å². The Balaban J connectivity index is 1.73. The lowest BCUT2D eigenvalue weighted by Gasteiger charge is -2.05. The van der Waals surface area contributed by atoms with Gasteiger partial charge in [-0.25, -0.2) is 0 Å². The van der Waals surface area contributed by atoms with E-state index in [1.165, 1.54) is 5.56 Å². The number of aromatic amines is 2. The maximum atomic E-state index is 5.65. The molecule has 18 heavy (non-hydrogen) atoms. The zero-order chi connectivity index (χ0) is 12.8. The molecule has 0 saturated heterocycles. The number of hydrogen-bond acceptors (Lipinski definition) is 3. The van der Waals surface area contributed by atoms with Gasteiger partial charge in [0.25, 0.3) is 0 Å². The highest BCUT2D eigenvalue weighted by molar-refractivity contribution is 7.98. The number of ether oxygens (including phenoxy) is 1. The van der Waals surface area contributed by atoms with Gasteiger partial charge in [-0.15, -0.1) is 11.8 Å². The zero-order valence-corrected chi connectivity index (χ0v) is 11.9. The third-order valence-electron chi connectivity index (χ3n) is 2.55. The fourth-order valence-corrected chi connectivity index (χ4v) is 2.40. The second-order valence-electron chi connectivity index (χ2n) is 3.88. The first kappa shape index (κ1) is 13.2. The Morgan fingerprint density at radius 2 is 2.06 bits per heavy atom. The molecule has 1 aromatic carbocycles. The highest BCUT2D eigenvalue weighted by Gasteiger charge is 1.97. The lowest BCUT2D eigenvalue weighted by molar-refractivity contribution is 0.393. The molecule has 2 aromatic rings. The Kier molecular flexibility index (Phi) is 4.90. The molecule has 0 fully saturated rings. The van der Waals surface area contributed by atoms with Gasteiger partial charge in [-0.3, -0.25) is 0 Å². The van der Waals surface area contributed by atoms with Crippen molar-refractivity contribution in [3.8, 4) is 5.75 Å². The molecule has 0 atom stereocenters. The number of aryl methyl sites for hydroxylation is 1. The van der Waals surface area contributed by atoms with Gasteiger partial charge in [0, 0.05) is 17.6 Å². The van der Waals surface area contributed by atoms with Crippen molar-refractivity contribution < 1.29 is 4.74 Å². The molecule has 0 unspecified atom stereocenters. The molecule has 96 valence electrons. The monoisotopic (exact) mass is 280 g/mol. The maximum Gasteiger partial charge on any atom is 0.174 e. The van der Waals surface area contributed by atoms with E-state index in [0.717, 1.165) is 23.6 Å². The molecule has 3 nitrogen and oxygen atoms in total. The predicted octanol–water partition coefficient (Wildman–Crippen LogP) is 3.90. The molecule has 5 heteroatoms. The number of imidazole rings is 1. The van der Waals surface area contributed by atoms with Gasteiger partial charge < -0.3 is 14.7 Å². The Morgan fingerprint density at radius 3 is 2.67 bits per heavy atom. The van der Waals surface area contributed by atoms with Crippen LogP contribution in [0.4, 0.5) is 0 Å². The van der Waals surface area contributed by atoms with Crippen LogP contribution in [0.3, 0.4) is 0 Å². The third kappa shape index (κ3) is 3.92. The summed E-state index contributed by atoms with van der Waals surface area (Å²) in [6.45, 7) is 2.15. The number of rotatable bonds is 6. The van der Waals surface area contributed by atoms with E-state index in [0.29, 0.717) is 10.7 Å². The van der Waals surface area contributed by atoms with Gasteiger partial charge in [0.2, 0.25) is 0 Å². The first-order valence-electron chi connectivity index (χ1n) is 5.84. The van der Waals surface area contributed by atoms with Crippen LogP contribution in [0, 0.1) is 4.77 Å². The summed E-state index contributed by atoms with van der Waals surface area (Å²) in [6.07, 6.45) is 2.95. The van der Waals surface area contributed by atoms with E-state index in [1.807, 2.05) is 18.3 Å². The molecular weight excluding hydrogens is 264 g/mol. The molecule has 0 aliphatic rings. The summed E-state index contributed by atoms with van der Waals surface area (Å²) in [5, 5.41) is 0. The van der Waals surface area contributed by atoms with Crippen molar-refractivity contribution in [1.82, 2.24) is 9.97 Å². The summed E-state index contributed by atoms with van der Waals surface area (Å²) < 4.78 is 6.32. The van der Waals surface area contributed by atoms with Crippen molar-refractivity contribution >= 4 is 24.0 Å². The van der Waals surface area contributed by atoms with E-state index >= 15 is 0 Å². The van der Waals surface area contributed by atoms with E-state index in [2.05, 4.69) is 29.0 Å². The summed E-state index contributed by atoms with van der Waals surface area (Å²) in [5.74, 6) is 2.42. The fourth-order valence-electron chi connectivity index (χ4n) is 1.53. The van der Waals surface area contributed by atoms with Crippen LogP contribution >= 0.6 is 24.0 Å². The molecule has 0 spiro atoms. The predicted molar refractivity (Wildman–Crippen MR) is 78.6 cm³/mol. The largest absolute Gasteiger partial charge is 0.483 e. The van der Waals surface area contributed by atoms with Gasteiger partial charge in [-0.05, 0) is 36.3 Å². The van der Waals surface area contributed by atoms with E-state index in [-0.39, 0.29) is 0 Å². The molecule has 2 N–H and O–H groups in total. The summed E-state index contributed by atoms with van der Waals surface area (Å²) in [5.41, 5.74) is 2.42. The van der Waals surface area contributed by atoms with Crippen molar-refractivity contribution in [2.75, 3.05) is 5.94 Å². The van der Waals surface area contributed by atoms with Gasteiger partial charge in [0.1, 0.15) is 11.7 Å². The van der Waals surface area contributed by atoms with Crippen LogP contribution in [0.1, 0.15) is 18.2 Å². The normalized spacial score (nSPS) is 10.5. The topological polar surface area (TPSA) is 40.8 Å². The van der Waals surface area contributed by atoms with E-state index in [9.17, 15) is 0 Å². The van der Waals surface area contributed by atoms with Crippen LogP contribution in [0.25, 0.3) is 0 Å². The fraction of sp³-hybridized carbons (Fsp3) is 0.308. The van der Waals surface area contributed by atoms with Crippen LogP contribution in [0.15, 0.2) is 30.5 Å². The summed E-state index contributed by atoms with van der Waals surface area (Å²) >= 11 is 6.66. The standard InChI is InChI=1S/C13H16N2OS2/c1-2-10-3-5-12(6-4-10)16-9-18-8-11-7-14-13(17)15-11/h3-7H,2,8-9H2,1H3,(H2,14,15,17). The van der Waals surface area contributed by atoms with Crippen LogP contribution in [0.5, 0.6) is 5.75 Å². The second kappa shape index (κ2) is 6.66. The minimum absolute atomic E-state index is 0.636. The lowest BCUT2D eigenvalue weighted by Crippen LogP contribution is -1.94. The number of H-pyrrole nitrogens is 2. The number of benzene rings is 1. The number of hydrogen-bond donors (Lipinski definition) is 2. The van der Waals surface area contributed by atoms with E-state index in [4.69, 9.17) is 17.0 Å². The number of thioether (sulfide) groups is 1. The molecule has 0 aliphatic carbocycles. The van der Waals surface area contributed by atoms with Crippen LogP contribution < -0.4 is 4.74 Å². The van der Waals surface area contributed by atoms with Gasteiger partial charge in [0.15, 0.2) is 4.77 Å². The van der Waals surface area contributed by atoms with Crippen LogP contribution in [0.2, 0.25) is 0 Å². The SMILES string of the molecule is CCc1ccc(OCSCc2c[nH]c(=S)[nH]2)cc1. The summed E-state index contributed by atoms with van der Waals surface area (Å²) in [6, 6.07) is 8.24.